The van der Waals surface area contributed by atoms with E-state index in [1.807, 2.05) is 0 Å². The van der Waals surface area contributed by atoms with E-state index in [2.05, 4.69) is 6.92 Å². The molecule has 0 aliphatic carbocycles. The van der Waals surface area contributed by atoms with Gasteiger partial charge in [0, 0.05) is 0 Å². The van der Waals surface area contributed by atoms with Crippen LogP contribution in [0.25, 0.3) is 0 Å². The molecule has 0 bridgehead atoms. The van der Waals surface area contributed by atoms with Crippen LogP contribution in [0.3, 0.4) is 0 Å². The van der Waals surface area contributed by atoms with Crippen molar-refractivity contribution in [2.75, 3.05) is 0 Å². The Kier molecular flexibility index (Phi) is 35.6. The van der Waals surface area contributed by atoms with Crippen LogP contribution in [0.4, 0.5) is 0 Å². The molecule has 0 fully saturated rings. The third-order valence-electron chi connectivity index (χ3n) is 0. The summed E-state index contributed by atoms with van der Waals surface area (Å²) in [5, 5.41) is 0. The summed E-state index contributed by atoms with van der Waals surface area (Å²) in [4.78, 5) is 0. The van der Waals surface area contributed by atoms with Gasteiger partial charge in [0.2, 0.25) is 0 Å². The zero-order valence-electron chi connectivity index (χ0n) is 2.78. The van der Waals surface area contributed by atoms with Gasteiger partial charge in [0.25, 0.3) is 0 Å². The van der Waals surface area contributed by atoms with Crippen molar-refractivity contribution in [1.29, 1.82) is 0 Å². The molecule has 0 aliphatic heterocycles. The Labute approximate surface area is 49.2 Å². The summed E-state index contributed by atoms with van der Waals surface area (Å²) in [6.45, 7) is 5.00. The van der Waals surface area contributed by atoms with Crippen LogP contribution in [0.5, 0.6) is 0 Å². The summed E-state index contributed by atoms with van der Waals surface area (Å²) in [6, 6.07) is 0. The standard InChI is InChI=1S/C2H5.2ClH.Pt/c1-2;;;/h1H2,2H3;2*1H;/q-1;;;+2/p-2. The fraction of sp³-hybridized carbons (Fsp3) is 0.500. The van der Waals surface area contributed by atoms with Gasteiger partial charge in [-0.1, -0.05) is 0 Å². The van der Waals surface area contributed by atoms with E-state index < -0.39 is 16.5 Å². The van der Waals surface area contributed by atoms with E-state index in [1.54, 1.807) is 6.92 Å². The van der Waals surface area contributed by atoms with E-state index in [0.717, 1.165) is 0 Å². The van der Waals surface area contributed by atoms with Crippen molar-refractivity contribution >= 4 is 18.8 Å². The summed E-state index contributed by atoms with van der Waals surface area (Å²) < 4.78 is 0. The molecule has 5 heavy (non-hydrogen) atoms. The normalized spacial score (nSPS) is 5.60. The predicted octanol–water partition coefficient (Wildman–Crippen LogP) is 2.22. The SMILES string of the molecule is [CH2-]C.[Cl][Pt][Cl]. The summed E-state index contributed by atoms with van der Waals surface area (Å²) in [6.07, 6.45) is 0. The first kappa shape index (κ1) is 9.55. The fourth-order valence-corrected chi connectivity index (χ4v) is 0. The van der Waals surface area contributed by atoms with Gasteiger partial charge >= 0.3 is 35.3 Å². The average Bonchev–Trinajstić information content (AvgIpc) is 1.46. The van der Waals surface area contributed by atoms with Gasteiger partial charge in [-0.05, 0) is 0 Å². The van der Waals surface area contributed by atoms with Crippen molar-refractivity contribution in [3.05, 3.63) is 6.92 Å². The molecule has 0 radical (unpaired) electrons. The molecular weight excluding hydrogens is 290 g/mol. The molecule has 0 aromatic heterocycles. The van der Waals surface area contributed by atoms with Gasteiger partial charge in [-0.15, -0.1) is 0 Å². The minimum absolute atomic E-state index is 0.472. The third-order valence-corrected chi connectivity index (χ3v) is 0. The van der Waals surface area contributed by atoms with E-state index >= 15 is 0 Å². The van der Waals surface area contributed by atoms with E-state index in [1.165, 1.54) is 0 Å². The second-order valence-electron chi connectivity index (χ2n) is 0.0452. The molecule has 0 atom stereocenters. The molecule has 0 unspecified atom stereocenters. The topological polar surface area (TPSA) is 0 Å². The van der Waals surface area contributed by atoms with Gasteiger partial charge in [-0.3, -0.25) is 0 Å². The third kappa shape index (κ3) is 35.0. The maximum atomic E-state index is 4.88. The van der Waals surface area contributed by atoms with Crippen LogP contribution in [0, 0.1) is 6.92 Å². The maximum absolute atomic E-state index is 4.88. The van der Waals surface area contributed by atoms with Gasteiger partial charge in [-0.25, -0.2) is 0 Å². The zero-order valence-corrected chi connectivity index (χ0v) is 6.56. The zero-order chi connectivity index (χ0) is 4.71. The van der Waals surface area contributed by atoms with Crippen LogP contribution in [-0.4, -0.2) is 0 Å². The molecule has 0 aromatic rings. The molecule has 0 amide bonds. The number of halogens is 2. The molecule has 0 spiro atoms. The van der Waals surface area contributed by atoms with Crippen LogP contribution in [0.2, 0.25) is 0 Å². The van der Waals surface area contributed by atoms with Crippen molar-refractivity contribution in [2.45, 2.75) is 6.92 Å². The minimum atomic E-state index is -0.472. The van der Waals surface area contributed by atoms with Gasteiger partial charge in [0.1, 0.15) is 0 Å². The molecule has 38 valence electrons. The van der Waals surface area contributed by atoms with E-state index in [0.29, 0.717) is 0 Å². The second-order valence-corrected chi connectivity index (χ2v) is 3.33. The molecule has 0 aliphatic rings. The van der Waals surface area contributed by atoms with E-state index in [9.17, 15) is 0 Å². The van der Waals surface area contributed by atoms with Crippen molar-refractivity contribution in [1.82, 2.24) is 0 Å². The average molecular weight is 295 g/mol. The van der Waals surface area contributed by atoms with Crippen molar-refractivity contribution in [3.63, 3.8) is 0 Å². The quantitative estimate of drug-likeness (QED) is 0.601. The molecule has 0 saturated heterocycles. The Hall–Kier alpha value is 1.27. The van der Waals surface area contributed by atoms with Crippen molar-refractivity contribution < 1.29 is 16.5 Å². The Bertz CT molecular complexity index is 7.61. The number of hydrogen-bond donors (Lipinski definition) is 0. The molecule has 3 heteroatoms. The van der Waals surface area contributed by atoms with Crippen molar-refractivity contribution in [2.24, 2.45) is 0 Å². The first-order valence-electron chi connectivity index (χ1n) is 0.946. The van der Waals surface area contributed by atoms with Gasteiger partial charge < -0.3 is 6.92 Å². The number of hydrogen-bond acceptors (Lipinski definition) is 0. The van der Waals surface area contributed by atoms with E-state index in [4.69, 9.17) is 18.8 Å². The summed E-state index contributed by atoms with van der Waals surface area (Å²) in [7, 11) is 9.75. The second kappa shape index (κ2) is 18.7. The van der Waals surface area contributed by atoms with Crippen LogP contribution in [0.15, 0.2) is 0 Å². The van der Waals surface area contributed by atoms with E-state index in [-0.39, 0.29) is 0 Å². The van der Waals surface area contributed by atoms with Crippen LogP contribution >= 0.6 is 18.8 Å². The summed E-state index contributed by atoms with van der Waals surface area (Å²) >= 11 is -0.472. The predicted molar refractivity (Wildman–Crippen MR) is 22.7 cm³/mol. The molecule has 0 N–H and O–H groups in total. The monoisotopic (exact) mass is 294 g/mol. The molecule has 0 saturated carbocycles. The Morgan fingerprint density at radius 2 is 1.40 bits per heavy atom. The summed E-state index contributed by atoms with van der Waals surface area (Å²) in [5.41, 5.74) is 0. The molecular formula is C2H5Cl2Pt-. The van der Waals surface area contributed by atoms with Crippen LogP contribution in [-0.2, 0) is 16.5 Å². The Morgan fingerprint density at radius 1 is 1.40 bits per heavy atom. The van der Waals surface area contributed by atoms with Gasteiger partial charge in [0.15, 0.2) is 0 Å². The molecule has 0 nitrogen and oxygen atoms in total. The Balaban J connectivity index is 0. The Morgan fingerprint density at radius 3 is 1.40 bits per heavy atom. The van der Waals surface area contributed by atoms with Gasteiger partial charge in [0.05, 0.1) is 0 Å². The first-order valence-corrected chi connectivity index (χ1v) is 6.58. The molecule has 0 aromatic carbocycles. The van der Waals surface area contributed by atoms with Crippen molar-refractivity contribution in [3.8, 4) is 0 Å². The fourth-order valence-electron chi connectivity index (χ4n) is 0. The van der Waals surface area contributed by atoms with Crippen LogP contribution < -0.4 is 0 Å². The van der Waals surface area contributed by atoms with Crippen LogP contribution in [0.1, 0.15) is 6.92 Å². The first-order chi connectivity index (χ1) is 2.41. The number of rotatable bonds is 0. The molecule has 0 heterocycles. The summed E-state index contributed by atoms with van der Waals surface area (Å²) in [5.74, 6) is 0. The molecule has 0 rings (SSSR count). The van der Waals surface area contributed by atoms with Gasteiger partial charge in [-0.2, -0.15) is 6.92 Å².